The van der Waals surface area contributed by atoms with Gasteiger partial charge >= 0.3 is 0 Å². The van der Waals surface area contributed by atoms with E-state index in [2.05, 4.69) is 73.7 Å². The molecule has 5 heteroatoms. The average molecular weight is 589 g/mol. The number of Topliss-reactive ketones (excluding diaryl/α,β-unsaturated/α-hetero) is 1. The average Bonchev–Trinajstić information content (AvgIpc) is 3.17. The van der Waals surface area contributed by atoms with Crippen molar-refractivity contribution in [1.82, 2.24) is 0 Å². The van der Waals surface area contributed by atoms with Gasteiger partial charge in [-0.3, -0.25) is 4.79 Å². The highest BCUT2D eigenvalue weighted by Crippen LogP contribution is 2.65. The zero-order valence-corrected chi connectivity index (χ0v) is 29.1. The number of fused-ring (bicyclic) bond motifs is 5. The third-order valence-electron chi connectivity index (χ3n) is 12.6. The topological polar surface area (TPSA) is 46.5 Å². The molecule has 0 bridgehead atoms. The van der Waals surface area contributed by atoms with Crippen molar-refractivity contribution in [2.75, 3.05) is 12.4 Å². The molecule has 0 saturated heterocycles. The minimum Gasteiger partial charge on any atom is -0.416 e. The van der Waals surface area contributed by atoms with E-state index in [1.54, 1.807) is 11.1 Å². The summed E-state index contributed by atoms with van der Waals surface area (Å²) in [5, 5.41) is 11.2. The maximum atomic E-state index is 14.1. The molecule has 0 aromatic carbocycles. The Hall–Kier alpha value is -0.363. The lowest BCUT2D eigenvalue weighted by Crippen LogP contribution is -2.48. The molecule has 3 fully saturated rings. The van der Waals surface area contributed by atoms with Gasteiger partial charge < -0.3 is 9.53 Å². The molecule has 4 aliphatic rings. The molecule has 0 heterocycles. The number of hydrogen-bond donors (Lipinski definition) is 1. The first-order valence-corrected chi connectivity index (χ1v) is 20.5. The zero-order valence-electron chi connectivity index (χ0n) is 27.3. The quantitative estimate of drug-likeness (QED) is 0.193. The highest BCUT2D eigenvalue weighted by molar-refractivity contribution is 7.99. The standard InChI is InChI=1S/C35H60O3SSi/c1-10-35(37,11-2)20-14-22-39-30(24-38-40(8,9)32(3,4)5)31-29(36)23-28-26-17-16-25-15-12-13-19-33(25,6)27(26)18-21-34(28,31)7/h16-17,27-28,30-31,37H,10-15,18-24H2,1-9H3/t27-,28-,30+,31+,33-,34-/m0/s1. The summed E-state index contributed by atoms with van der Waals surface area (Å²) < 4.78 is 6.87. The van der Waals surface area contributed by atoms with E-state index in [-0.39, 0.29) is 21.6 Å². The van der Waals surface area contributed by atoms with Gasteiger partial charge in [0.1, 0.15) is 5.78 Å². The molecule has 0 aliphatic heterocycles. The van der Waals surface area contributed by atoms with E-state index in [1.807, 2.05) is 11.8 Å². The van der Waals surface area contributed by atoms with E-state index in [0.717, 1.165) is 37.9 Å². The smallest absolute Gasteiger partial charge is 0.192 e. The fraction of sp³-hybridized carbons (Fsp3) is 0.857. The highest BCUT2D eigenvalue weighted by Gasteiger charge is 2.60. The lowest BCUT2D eigenvalue weighted by atomic mass is 9.50. The van der Waals surface area contributed by atoms with Crippen LogP contribution >= 0.6 is 11.8 Å². The van der Waals surface area contributed by atoms with Crippen molar-refractivity contribution in [1.29, 1.82) is 0 Å². The van der Waals surface area contributed by atoms with Gasteiger partial charge in [0.15, 0.2) is 8.32 Å². The Bertz CT molecular complexity index is 989. The van der Waals surface area contributed by atoms with Crippen LogP contribution in [0.5, 0.6) is 0 Å². The minimum atomic E-state index is -1.94. The summed E-state index contributed by atoms with van der Waals surface area (Å²) in [5.74, 6) is 2.50. The highest BCUT2D eigenvalue weighted by atomic mass is 32.2. The van der Waals surface area contributed by atoms with Crippen LogP contribution < -0.4 is 0 Å². The summed E-state index contributed by atoms with van der Waals surface area (Å²) in [6.45, 7) is 21.4. The van der Waals surface area contributed by atoms with Crippen molar-refractivity contribution in [2.24, 2.45) is 28.6 Å². The van der Waals surface area contributed by atoms with Crippen molar-refractivity contribution < 1.29 is 14.3 Å². The molecule has 40 heavy (non-hydrogen) atoms. The maximum Gasteiger partial charge on any atom is 0.192 e. The number of carbonyl (C=O) groups excluding carboxylic acids is 1. The SMILES string of the molecule is CCC(O)(CC)CCCS[C@H](CO[Si](C)(C)C(C)(C)C)[C@H]1C(=O)C[C@H]2C3=CC=C4CCCC[C@]4(C)[C@H]3CC[C@]12C. The summed E-state index contributed by atoms with van der Waals surface area (Å²) in [6.07, 6.45) is 16.7. The molecule has 0 aromatic rings. The van der Waals surface area contributed by atoms with Crippen molar-refractivity contribution in [3.8, 4) is 0 Å². The summed E-state index contributed by atoms with van der Waals surface area (Å²) in [4.78, 5) is 14.1. The number of carbonyl (C=O) groups is 1. The van der Waals surface area contributed by atoms with E-state index in [9.17, 15) is 9.90 Å². The number of allylic oxidation sites excluding steroid dienone is 4. The second-order valence-corrected chi connectivity index (χ2v) is 22.0. The van der Waals surface area contributed by atoms with Crippen LogP contribution in [-0.4, -0.2) is 42.4 Å². The van der Waals surface area contributed by atoms with Crippen LogP contribution in [0.15, 0.2) is 23.3 Å². The largest absolute Gasteiger partial charge is 0.416 e. The molecule has 3 saturated carbocycles. The summed E-state index contributed by atoms with van der Waals surface area (Å²) in [5.41, 5.74) is 3.04. The van der Waals surface area contributed by atoms with E-state index in [1.165, 1.54) is 32.1 Å². The Labute approximate surface area is 251 Å². The molecule has 4 aliphatic carbocycles. The van der Waals surface area contributed by atoms with Crippen LogP contribution in [-0.2, 0) is 9.22 Å². The molecule has 6 atom stereocenters. The molecule has 0 unspecified atom stereocenters. The second-order valence-electron chi connectivity index (χ2n) is 15.8. The Morgan fingerprint density at radius 3 is 2.45 bits per heavy atom. The molecule has 0 amide bonds. The van der Waals surface area contributed by atoms with Gasteiger partial charge in [-0.1, -0.05) is 78.2 Å². The fourth-order valence-electron chi connectivity index (χ4n) is 8.50. The lowest BCUT2D eigenvalue weighted by molar-refractivity contribution is -0.122. The van der Waals surface area contributed by atoms with Crippen molar-refractivity contribution in [3.63, 3.8) is 0 Å². The van der Waals surface area contributed by atoms with Crippen LogP contribution in [0.4, 0.5) is 0 Å². The van der Waals surface area contributed by atoms with Gasteiger partial charge in [-0.05, 0) is 104 Å². The number of aliphatic hydroxyl groups is 1. The first-order valence-electron chi connectivity index (χ1n) is 16.5. The predicted molar refractivity (Wildman–Crippen MR) is 174 cm³/mol. The van der Waals surface area contributed by atoms with Gasteiger partial charge in [-0.15, -0.1) is 0 Å². The fourth-order valence-corrected chi connectivity index (χ4v) is 11.1. The van der Waals surface area contributed by atoms with E-state index >= 15 is 0 Å². The number of ketones is 1. The first kappa shape index (κ1) is 32.5. The lowest BCUT2D eigenvalue weighted by Gasteiger charge is -2.54. The third kappa shape index (κ3) is 6.02. The molecule has 1 N–H and O–H groups in total. The number of hydrogen-bond acceptors (Lipinski definition) is 4. The third-order valence-corrected chi connectivity index (χ3v) is 18.5. The maximum absolute atomic E-state index is 14.1. The summed E-state index contributed by atoms with van der Waals surface area (Å²) in [6, 6.07) is 0. The van der Waals surface area contributed by atoms with E-state index < -0.39 is 13.9 Å². The molecule has 4 rings (SSSR count). The van der Waals surface area contributed by atoms with Crippen LogP contribution in [0.3, 0.4) is 0 Å². The van der Waals surface area contributed by atoms with Crippen molar-refractivity contribution in [2.45, 2.75) is 148 Å². The van der Waals surface area contributed by atoms with Crippen LogP contribution in [0.25, 0.3) is 0 Å². The Kier molecular flexibility index (Phi) is 9.73. The second kappa shape index (κ2) is 12.0. The number of rotatable bonds is 11. The summed E-state index contributed by atoms with van der Waals surface area (Å²) >= 11 is 1.97. The van der Waals surface area contributed by atoms with Crippen LogP contribution in [0.1, 0.15) is 119 Å². The van der Waals surface area contributed by atoms with Gasteiger partial charge in [0.25, 0.3) is 0 Å². The molecule has 0 aromatic heterocycles. The van der Waals surface area contributed by atoms with Crippen LogP contribution in [0.2, 0.25) is 18.1 Å². The Morgan fingerprint density at radius 2 is 1.80 bits per heavy atom. The Morgan fingerprint density at radius 1 is 1.10 bits per heavy atom. The van der Waals surface area contributed by atoms with Crippen LogP contribution in [0, 0.1) is 28.6 Å². The Balaban J connectivity index is 1.57. The summed E-state index contributed by atoms with van der Waals surface area (Å²) in [7, 11) is -1.94. The zero-order chi connectivity index (χ0) is 29.6. The van der Waals surface area contributed by atoms with E-state index in [4.69, 9.17) is 4.43 Å². The molecule has 3 nitrogen and oxygen atoms in total. The minimum absolute atomic E-state index is 0.0117. The van der Waals surface area contributed by atoms with Gasteiger partial charge in [-0.2, -0.15) is 11.8 Å². The van der Waals surface area contributed by atoms with Crippen molar-refractivity contribution in [3.05, 3.63) is 23.3 Å². The van der Waals surface area contributed by atoms with Crippen molar-refractivity contribution >= 4 is 25.9 Å². The van der Waals surface area contributed by atoms with Gasteiger partial charge in [0.05, 0.1) is 5.60 Å². The number of thioether (sulfide) groups is 1. The van der Waals surface area contributed by atoms with Gasteiger partial charge in [0.2, 0.25) is 0 Å². The monoisotopic (exact) mass is 588 g/mol. The van der Waals surface area contributed by atoms with Gasteiger partial charge in [0, 0.05) is 24.2 Å². The molecular weight excluding hydrogens is 529 g/mol. The first-order chi connectivity index (χ1) is 18.6. The van der Waals surface area contributed by atoms with E-state index in [0.29, 0.717) is 36.1 Å². The molecular formula is C35H60O3SSi. The van der Waals surface area contributed by atoms with Gasteiger partial charge in [-0.25, -0.2) is 0 Å². The normalized spacial score (nSPS) is 33.5. The molecule has 228 valence electrons. The molecule has 0 radical (unpaired) electrons. The molecule has 0 spiro atoms. The predicted octanol–water partition coefficient (Wildman–Crippen LogP) is 9.51.